The fourth-order valence-electron chi connectivity index (χ4n) is 2.10. The number of fused-ring (bicyclic) bond motifs is 1. The zero-order valence-corrected chi connectivity index (χ0v) is 9.98. The van der Waals surface area contributed by atoms with Crippen molar-refractivity contribution < 1.29 is 8.78 Å². The monoisotopic (exact) mass is 259 g/mol. The van der Waals surface area contributed by atoms with E-state index in [1.54, 1.807) is 4.68 Å². The van der Waals surface area contributed by atoms with Crippen molar-refractivity contribution in [2.75, 3.05) is 5.73 Å². The van der Waals surface area contributed by atoms with E-state index in [0.29, 0.717) is 5.82 Å². The van der Waals surface area contributed by atoms with Crippen LogP contribution in [0.15, 0.2) is 42.5 Å². The minimum absolute atomic E-state index is 0.140. The van der Waals surface area contributed by atoms with Gasteiger partial charge in [-0.05, 0) is 30.3 Å². The van der Waals surface area contributed by atoms with Gasteiger partial charge in [0.2, 0.25) is 0 Å². The van der Waals surface area contributed by atoms with Gasteiger partial charge < -0.3 is 5.73 Å². The Morgan fingerprint density at radius 2 is 1.89 bits per heavy atom. The number of para-hydroxylation sites is 1. The third-order valence-corrected chi connectivity index (χ3v) is 3.01. The van der Waals surface area contributed by atoms with E-state index >= 15 is 0 Å². The molecule has 19 heavy (non-hydrogen) atoms. The quantitative estimate of drug-likeness (QED) is 0.769. The van der Waals surface area contributed by atoms with Crippen LogP contribution in [0.4, 0.5) is 14.6 Å². The number of nitrogen functional groups attached to an aromatic ring is 1. The Labute approximate surface area is 108 Å². The average Bonchev–Trinajstić information content (AvgIpc) is 2.72. The summed E-state index contributed by atoms with van der Waals surface area (Å²) in [4.78, 5) is 0. The van der Waals surface area contributed by atoms with Crippen molar-refractivity contribution in [2.45, 2.75) is 6.54 Å². The van der Waals surface area contributed by atoms with Crippen LogP contribution in [0.3, 0.4) is 0 Å². The van der Waals surface area contributed by atoms with Crippen LogP contribution in [-0.4, -0.2) is 9.78 Å². The second-order valence-corrected chi connectivity index (χ2v) is 4.30. The summed E-state index contributed by atoms with van der Waals surface area (Å²) in [5.74, 6) is -0.548. The molecule has 0 saturated carbocycles. The van der Waals surface area contributed by atoms with E-state index in [2.05, 4.69) is 5.10 Å². The van der Waals surface area contributed by atoms with Gasteiger partial charge in [0, 0.05) is 10.9 Å². The maximum Gasteiger partial charge on any atom is 0.153 e. The third-order valence-electron chi connectivity index (χ3n) is 3.01. The molecular weight excluding hydrogens is 248 g/mol. The standard InChI is InChI=1S/C14H11F2N3/c15-10-5-6-12(16)9(7-10)8-19-13-4-2-1-3-11(13)14(17)18-19/h1-7H,8H2,(H2,17,18). The first-order valence-corrected chi connectivity index (χ1v) is 5.80. The Morgan fingerprint density at radius 1 is 1.11 bits per heavy atom. The first-order valence-electron chi connectivity index (χ1n) is 5.80. The predicted octanol–water partition coefficient (Wildman–Crippen LogP) is 2.95. The van der Waals surface area contributed by atoms with Crippen molar-refractivity contribution in [1.29, 1.82) is 0 Å². The van der Waals surface area contributed by atoms with Crippen molar-refractivity contribution in [2.24, 2.45) is 0 Å². The molecule has 2 aromatic carbocycles. The Hall–Kier alpha value is -2.43. The molecule has 0 fully saturated rings. The Morgan fingerprint density at radius 3 is 2.74 bits per heavy atom. The van der Waals surface area contributed by atoms with Gasteiger partial charge in [-0.3, -0.25) is 4.68 Å². The predicted molar refractivity (Wildman–Crippen MR) is 69.6 cm³/mol. The average molecular weight is 259 g/mol. The Kier molecular flexibility index (Phi) is 2.67. The molecule has 1 heterocycles. The fraction of sp³-hybridized carbons (Fsp3) is 0.0714. The summed E-state index contributed by atoms with van der Waals surface area (Å²) in [6.45, 7) is 0.140. The highest BCUT2D eigenvalue weighted by atomic mass is 19.1. The van der Waals surface area contributed by atoms with Crippen LogP contribution in [0.2, 0.25) is 0 Å². The number of anilines is 1. The Bertz CT molecular complexity index is 750. The first kappa shape index (κ1) is 11.6. The minimum Gasteiger partial charge on any atom is -0.382 e. The van der Waals surface area contributed by atoms with E-state index in [1.165, 1.54) is 6.07 Å². The third kappa shape index (κ3) is 2.03. The summed E-state index contributed by atoms with van der Waals surface area (Å²) in [5.41, 5.74) is 6.84. The zero-order chi connectivity index (χ0) is 13.4. The molecule has 3 nitrogen and oxygen atoms in total. The lowest BCUT2D eigenvalue weighted by molar-refractivity contribution is 0.570. The number of rotatable bonds is 2. The normalized spacial score (nSPS) is 11.1. The van der Waals surface area contributed by atoms with Crippen LogP contribution in [-0.2, 0) is 6.54 Å². The zero-order valence-electron chi connectivity index (χ0n) is 9.98. The molecule has 0 saturated heterocycles. The van der Waals surface area contributed by atoms with Gasteiger partial charge in [0.25, 0.3) is 0 Å². The van der Waals surface area contributed by atoms with Gasteiger partial charge in [-0.2, -0.15) is 5.10 Å². The van der Waals surface area contributed by atoms with Gasteiger partial charge >= 0.3 is 0 Å². The molecule has 0 radical (unpaired) electrons. The molecule has 0 aliphatic carbocycles. The van der Waals surface area contributed by atoms with Crippen molar-refractivity contribution >= 4 is 16.7 Å². The fourth-order valence-corrected chi connectivity index (χ4v) is 2.10. The van der Waals surface area contributed by atoms with Crippen molar-refractivity contribution in [1.82, 2.24) is 9.78 Å². The number of aromatic nitrogens is 2. The highest BCUT2D eigenvalue weighted by molar-refractivity contribution is 5.89. The number of halogens is 2. The lowest BCUT2D eigenvalue weighted by atomic mass is 10.2. The highest BCUT2D eigenvalue weighted by Crippen LogP contribution is 2.21. The molecule has 5 heteroatoms. The molecule has 0 atom stereocenters. The highest BCUT2D eigenvalue weighted by Gasteiger charge is 2.10. The minimum atomic E-state index is -0.471. The van der Waals surface area contributed by atoms with Crippen molar-refractivity contribution in [3.05, 3.63) is 59.7 Å². The van der Waals surface area contributed by atoms with Crippen molar-refractivity contribution in [3.63, 3.8) is 0 Å². The number of nitrogens with two attached hydrogens (primary N) is 1. The van der Waals surface area contributed by atoms with Crippen LogP contribution in [0, 0.1) is 11.6 Å². The molecule has 1 aromatic heterocycles. The van der Waals surface area contributed by atoms with E-state index < -0.39 is 11.6 Å². The number of nitrogens with zero attached hydrogens (tertiary/aromatic N) is 2. The lowest BCUT2D eigenvalue weighted by Gasteiger charge is -2.05. The largest absolute Gasteiger partial charge is 0.382 e. The van der Waals surface area contributed by atoms with E-state index in [4.69, 9.17) is 5.73 Å². The molecule has 3 aromatic rings. The van der Waals surface area contributed by atoms with Crippen LogP contribution in [0.25, 0.3) is 10.9 Å². The number of benzene rings is 2. The molecule has 3 rings (SSSR count). The van der Waals surface area contributed by atoms with Gasteiger partial charge in [-0.25, -0.2) is 8.78 Å². The van der Waals surface area contributed by atoms with Gasteiger partial charge in [0.15, 0.2) is 5.82 Å². The second-order valence-electron chi connectivity index (χ2n) is 4.30. The summed E-state index contributed by atoms with van der Waals surface area (Å²) < 4.78 is 28.3. The maximum absolute atomic E-state index is 13.6. The summed E-state index contributed by atoms with van der Waals surface area (Å²) in [7, 11) is 0. The topological polar surface area (TPSA) is 43.8 Å². The van der Waals surface area contributed by atoms with E-state index in [1.807, 2.05) is 24.3 Å². The van der Waals surface area contributed by atoms with Gasteiger partial charge in [0.05, 0.1) is 12.1 Å². The molecule has 0 aliphatic rings. The summed E-state index contributed by atoms with van der Waals surface area (Å²) >= 11 is 0. The number of hydrogen-bond acceptors (Lipinski definition) is 2. The van der Waals surface area contributed by atoms with Crippen LogP contribution >= 0.6 is 0 Å². The maximum atomic E-state index is 13.6. The molecule has 96 valence electrons. The molecule has 0 spiro atoms. The Balaban J connectivity index is 2.08. The second kappa shape index (κ2) is 4.35. The van der Waals surface area contributed by atoms with Gasteiger partial charge in [0.1, 0.15) is 11.6 Å². The van der Waals surface area contributed by atoms with Gasteiger partial charge in [-0.1, -0.05) is 12.1 Å². The van der Waals surface area contributed by atoms with Gasteiger partial charge in [-0.15, -0.1) is 0 Å². The SMILES string of the molecule is Nc1nn(Cc2cc(F)ccc2F)c2ccccc12. The molecular formula is C14H11F2N3. The van der Waals surface area contributed by atoms with Crippen LogP contribution < -0.4 is 5.73 Å². The molecule has 0 amide bonds. The molecule has 0 bridgehead atoms. The van der Waals surface area contributed by atoms with Crippen LogP contribution in [0.1, 0.15) is 5.56 Å². The summed E-state index contributed by atoms with van der Waals surface area (Å²) in [5, 5.41) is 4.97. The van der Waals surface area contributed by atoms with E-state index in [9.17, 15) is 8.78 Å². The van der Waals surface area contributed by atoms with Crippen molar-refractivity contribution in [3.8, 4) is 0 Å². The van der Waals surface area contributed by atoms with E-state index in [0.717, 1.165) is 23.0 Å². The summed E-state index contributed by atoms with van der Waals surface area (Å²) in [6, 6.07) is 10.8. The molecule has 0 unspecified atom stereocenters. The number of hydrogen-bond donors (Lipinski definition) is 1. The summed E-state index contributed by atoms with van der Waals surface area (Å²) in [6.07, 6.45) is 0. The lowest BCUT2D eigenvalue weighted by Crippen LogP contribution is -2.04. The van der Waals surface area contributed by atoms with E-state index in [-0.39, 0.29) is 12.1 Å². The molecule has 2 N–H and O–H groups in total. The smallest absolute Gasteiger partial charge is 0.153 e. The van der Waals surface area contributed by atoms with Crippen LogP contribution in [0.5, 0.6) is 0 Å². The molecule has 0 aliphatic heterocycles. The first-order chi connectivity index (χ1) is 9.15.